The minimum atomic E-state index is -0.832. The maximum Gasteiger partial charge on any atom is 0.307 e. The number of rotatable bonds is 5. The fraction of sp³-hybridized carbons (Fsp3) is 0.333. The van der Waals surface area contributed by atoms with Crippen molar-refractivity contribution in [2.24, 2.45) is 0 Å². The summed E-state index contributed by atoms with van der Waals surface area (Å²) in [6, 6.07) is 6.12. The summed E-state index contributed by atoms with van der Waals surface area (Å²) in [5.74, 6) is -0.832. The predicted molar refractivity (Wildman–Crippen MR) is 80.4 cm³/mol. The fourth-order valence-electron chi connectivity index (χ4n) is 2.24. The third kappa shape index (κ3) is 3.17. The van der Waals surface area contributed by atoms with Crippen LogP contribution in [-0.2, 0) is 11.3 Å². The normalized spacial score (nSPS) is 10.7. The van der Waals surface area contributed by atoms with Crippen molar-refractivity contribution < 1.29 is 9.90 Å². The second kappa shape index (κ2) is 6.05. The van der Waals surface area contributed by atoms with Crippen molar-refractivity contribution in [2.75, 3.05) is 0 Å². The van der Waals surface area contributed by atoms with Gasteiger partial charge >= 0.3 is 10.8 Å². The molecule has 1 aromatic heterocycles. The molecule has 0 aliphatic heterocycles. The number of carboxylic acids is 1. The molecule has 4 nitrogen and oxygen atoms in total. The van der Waals surface area contributed by atoms with Gasteiger partial charge in [0.2, 0.25) is 0 Å². The zero-order valence-corrected chi connectivity index (χ0v) is 12.4. The van der Waals surface area contributed by atoms with E-state index in [-0.39, 0.29) is 11.3 Å². The summed E-state index contributed by atoms with van der Waals surface area (Å²) in [5.41, 5.74) is 4.21. The SMILES string of the molecule is Cc1ccc(-c2csc(=O)n2CCCC(=O)O)c(C)c1. The van der Waals surface area contributed by atoms with Crippen molar-refractivity contribution in [3.05, 3.63) is 44.4 Å². The Morgan fingerprint density at radius 1 is 1.35 bits per heavy atom. The first kappa shape index (κ1) is 14.5. The first-order valence-electron chi connectivity index (χ1n) is 6.47. The van der Waals surface area contributed by atoms with Gasteiger partial charge in [-0.25, -0.2) is 0 Å². The van der Waals surface area contributed by atoms with Gasteiger partial charge in [-0.15, -0.1) is 0 Å². The maximum atomic E-state index is 11.9. The van der Waals surface area contributed by atoms with Gasteiger partial charge in [0.15, 0.2) is 0 Å². The molecular weight excluding hydrogens is 274 g/mol. The van der Waals surface area contributed by atoms with Crippen LogP contribution in [-0.4, -0.2) is 15.6 Å². The molecule has 2 rings (SSSR count). The lowest BCUT2D eigenvalue weighted by atomic mass is 10.0. The Bertz CT molecular complexity index is 685. The molecule has 1 heterocycles. The van der Waals surface area contributed by atoms with Crippen LogP contribution < -0.4 is 4.87 Å². The van der Waals surface area contributed by atoms with E-state index in [9.17, 15) is 9.59 Å². The number of aliphatic carboxylic acids is 1. The summed E-state index contributed by atoms with van der Waals surface area (Å²) in [5, 5.41) is 10.5. The maximum absolute atomic E-state index is 11.9. The number of carboxylic acid groups (broad SMARTS) is 1. The second-order valence-corrected chi connectivity index (χ2v) is 5.67. The van der Waals surface area contributed by atoms with Crippen LogP contribution in [0.15, 0.2) is 28.4 Å². The van der Waals surface area contributed by atoms with E-state index in [1.165, 1.54) is 5.56 Å². The predicted octanol–water partition coefficient (Wildman–Crippen LogP) is 3.06. The largest absolute Gasteiger partial charge is 0.481 e. The third-order valence-electron chi connectivity index (χ3n) is 3.21. The van der Waals surface area contributed by atoms with Crippen LogP contribution in [0.4, 0.5) is 0 Å². The van der Waals surface area contributed by atoms with Crippen LogP contribution in [0.2, 0.25) is 0 Å². The van der Waals surface area contributed by atoms with Crippen molar-refractivity contribution in [3.8, 4) is 11.3 Å². The van der Waals surface area contributed by atoms with Gasteiger partial charge in [0.05, 0.1) is 5.69 Å². The second-order valence-electron chi connectivity index (χ2n) is 4.85. The molecule has 0 radical (unpaired) electrons. The van der Waals surface area contributed by atoms with Gasteiger partial charge in [0.1, 0.15) is 0 Å². The minimum absolute atomic E-state index is 0.0367. The number of nitrogens with zero attached hydrogens (tertiary/aromatic N) is 1. The molecule has 0 aliphatic carbocycles. The van der Waals surface area contributed by atoms with Gasteiger partial charge in [0.25, 0.3) is 0 Å². The van der Waals surface area contributed by atoms with E-state index >= 15 is 0 Å². The number of aromatic nitrogens is 1. The molecule has 0 amide bonds. The van der Waals surface area contributed by atoms with E-state index in [0.717, 1.165) is 28.2 Å². The van der Waals surface area contributed by atoms with Crippen molar-refractivity contribution >= 4 is 17.3 Å². The first-order valence-corrected chi connectivity index (χ1v) is 7.35. The van der Waals surface area contributed by atoms with Crippen LogP contribution in [0.5, 0.6) is 0 Å². The van der Waals surface area contributed by atoms with Gasteiger partial charge in [-0.3, -0.25) is 14.2 Å². The number of benzene rings is 1. The van der Waals surface area contributed by atoms with Crippen LogP contribution in [0.25, 0.3) is 11.3 Å². The highest BCUT2D eigenvalue weighted by Gasteiger charge is 2.11. The Kier molecular flexibility index (Phi) is 4.39. The van der Waals surface area contributed by atoms with Crippen LogP contribution >= 0.6 is 11.3 Å². The molecule has 0 aliphatic rings. The Balaban J connectivity index is 2.33. The zero-order chi connectivity index (χ0) is 14.7. The van der Waals surface area contributed by atoms with Gasteiger partial charge in [-0.05, 0) is 25.8 Å². The van der Waals surface area contributed by atoms with Crippen molar-refractivity contribution in [1.82, 2.24) is 4.57 Å². The molecule has 5 heteroatoms. The van der Waals surface area contributed by atoms with Gasteiger partial charge in [0, 0.05) is 23.9 Å². The van der Waals surface area contributed by atoms with Crippen LogP contribution in [0, 0.1) is 13.8 Å². The molecule has 0 fully saturated rings. The lowest BCUT2D eigenvalue weighted by Gasteiger charge is -2.10. The molecule has 0 saturated heterocycles. The summed E-state index contributed by atoms with van der Waals surface area (Å²) in [4.78, 5) is 22.4. The standard InChI is InChI=1S/C15H17NO3S/c1-10-5-6-12(11(2)8-10)13-9-20-15(19)16(13)7-3-4-14(17)18/h5-6,8-9H,3-4,7H2,1-2H3,(H,17,18). The van der Waals surface area contributed by atoms with E-state index in [1.54, 1.807) is 4.57 Å². The summed E-state index contributed by atoms with van der Waals surface area (Å²) in [6.07, 6.45) is 0.540. The van der Waals surface area contributed by atoms with E-state index in [0.29, 0.717) is 13.0 Å². The third-order valence-corrected chi connectivity index (χ3v) is 3.98. The highest BCUT2D eigenvalue weighted by Crippen LogP contribution is 2.25. The lowest BCUT2D eigenvalue weighted by molar-refractivity contribution is -0.137. The van der Waals surface area contributed by atoms with E-state index in [1.807, 2.05) is 31.4 Å². The molecule has 0 spiro atoms. The number of hydrogen-bond donors (Lipinski definition) is 1. The molecule has 0 bridgehead atoms. The van der Waals surface area contributed by atoms with Crippen molar-refractivity contribution in [3.63, 3.8) is 0 Å². The molecule has 1 N–H and O–H groups in total. The molecule has 0 unspecified atom stereocenters. The summed E-state index contributed by atoms with van der Waals surface area (Å²) in [6.45, 7) is 4.49. The average Bonchev–Trinajstić information content (AvgIpc) is 2.71. The van der Waals surface area contributed by atoms with E-state index in [4.69, 9.17) is 5.11 Å². The lowest BCUT2D eigenvalue weighted by Crippen LogP contribution is -2.15. The molecular formula is C15H17NO3S. The molecule has 0 saturated carbocycles. The molecule has 20 heavy (non-hydrogen) atoms. The molecule has 2 aromatic rings. The number of aryl methyl sites for hydroxylation is 2. The fourth-order valence-corrected chi connectivity index (χ4v) is 3.03. The van der Waals surface area contributed by atoms with Gasteiger partial charge in [-0.2, -0.15) is 0 Å². The molecule has 0 atom stereocenters. The highest BCUT2D eigenvalue weighted by atomic mass is 32.1. The number of hydrogen-bond acceptors (Lipinski definition) is 3. The van der Waals surface area contributed by atoms with Crippen molar-refractivity contribution in [1.29, 1.82) is 0 Å². The summed E-state index contributed by atoms with van der Waals surface area (Å²) in [7, 11) is 0. The van der Waals surface area contributed by atoms with Gasteiger partial charge in [-0.1, -0.05) is 35.1 Å². The highest BCUT2D eigenvalue weighted by molar-refractivity contribution is 7.07. The van der Waals surface area contributed by atoms with Crippen molar-refractivity contribution in [2.45, 2.75) is 33.2 Å². The zero-order valence-electron chi connectivity index (χ0n) is 11.5. The topological polar surface area (TPSA) is 59.3 Å². The number of carbonyl (C=O) groups is 1. The van der Waals surface area contributed by atoms with Crippen LogP contribution in [0.3, 0.4) is 0 Å². The van der Waals surface area contributed by atoms with E-state index < -0.39 is 5.97 Å². The van der Waals surface area contributed by atoms with Crippen LogP contribution in [0.1, 0.15) is 24.0 Å². The smallest absolute Gasteiger partial charge is 0.307 e. The Hall–Kier alpha value is -1.88. The molecule has 1 aromatic carbocycles. The Labute approximate surface area is 121 Å². The summed E-state index contributed by atoms with van der Waals surface area (Å²) < 4.78 is 1.67. The Morgan fingerprint density at radius 2 is 2.10 bits per heavy atom. The molecule has 106 valence electrons. The number of thiazole rings is 1. The Morgan fingerprint density at radius 3 is 2.75 bits per heavy atom. The average molecular weight is 291 g/mol. The first-order chi connectivity index (χ1) is 9.49. The quantitative estimate of drug-likeness (QED) is 0.921. The summed E-state index contributed by atoms with van der Waals surface area (Å²) >= 11 is 1.16. The monoisotopic (exact) mass is 291 g/mol. The minimum Gasteiger partial charge on any atom is -0.481 e. The van der Waals surface area contributed by atoms with E-state index in [2.05, 4.69) is 6.07 Å². The van der Waals surface area contributed by atoms with Gasteiger partial charge < -0.3 is 5.11 Å².